The Hall–Kier alpha value is -2.66. The molecule has 30 heavy (non-hydrogen) atoms. The maximum absolute atomic E-state index is 13.2. The highest BCUT2D eigenvalue weighted by atomic mass is 16.2. The highest BCUT2D eigenvalue weighted by molar-refractivity contribution is 5.98. The molecule has 1 N–H and O–H groups in total. The van der Waals surface area contributed by atoms with E-state index >= 15 is 0 Å². The van der Waals surface area contributed by atoms with Crippen molar-refractivity contribution < 1.29 is 9.59 Å². The molecule has 1 saturated heterocycles. The average Bonchev–Trinajstić information content (AvgIpc) is 2.74. The van der Waals surface area contributed by atoms with Gasteiger partial charge in [-0.2, -0.15) is 0 Å². The van der Waals surface area contributed by atoms with Crippen LogP contribution in [-0.2, 0) is 11.3 Å². The van der Waals surface area contributed by atoms with Crippen LogP contribution >= 0.6 is 0 Å². The van der Waals surface area contributed by atoms with Crippen molar-refractivity contribution in [3.8, 4) is 0 Å². The van der Waals surface area contributed by atoms with Crippen LogP contribution in [0.15, 0.2) is 54.6 Å². The van der Waals surface area contributed by atoms with E-state index < -0.39 is 6.04 Å². The Morgan fingerprint density at radius 2 is 1.57 bits per heavy atom. The number of benzene rings is 2. The van der Waals surface area contributed by atoms with Crippen LogP contribution in [0, 0.1) is 12.8 Å². The summed E-state index contributed by atoms with van der Waals surface area (Å²) in [5, 5.41) is 3.01. The lowest BCUT2D eigenvalue weighted by atomic mass is 10.0. The smallest absolute Gasteiger partial charge is 0.252 e. The van der Waals surface area contributed by atoms with Gasteiger partial charge >= 0.3 is 0 Å². The summed E-state index contributed by atoms with van der Waals surface area (Å²) in [6.07, 6.45) is 0.640. The summed E-state index contributed by atoms with van der Waals surface area (Å²) in [6, 6.07) is 17.4. The topological polar surface area (TPSA) is 52.7 Å². The lowest BCUT2D eigenvalue weighted by Gasteiger charge is -2.37. The second-order valence-corrected chi connectivity index (χ2v) is 8.56. The van der Waals surface area contributed by atoms with Crippen LogP contribution in [0.25, 0.3) is 0 Å². The summed E-state index contributed by atoms with van der Waals surface area (Å²) < 4.78 is 0. The molecule has 1 fully saturated rings. The molecule has 0 radical (unpaired) electrons. The van der Waals surface area contributed by atoms with Gasteiger partial charge in [0.1, 0.15) is 6.04 Å². The van der Waals surface area contributed by atoms with Crippen LogP contribution in [0.2, 0.25) is 0 Å². The normalized spacial score (nSPS) is 15.8. The monoisotopic (exact) mass is 407 g/mol. The molecule has 1 aliphatic heterocycles. The van der Waals surface area contributed by atoms with Crippen molar-refractivity contribution in [2.75, 3.05) is 26.2 Å². The summed E-state index contributed by atoms with van der Waals surface area (Å²) in [4.78, 5) is 30.3. The minimum absolute atomic E-state index is 0.0324. The third kappa shape index (κ3) is 5.92. The van der Waals surface area contributed by atoms with Gasteiger partial charge in [-0.25, -0.2) is 0 Å². The maximum atomic E-state index is 13.2. The maximum Gasteiger partial charge on any atom is 0.252 e. The third-order valence-corrected chi connectivity index (χ3v) is 5.63. The van der Waals surface area contributed by atoms with Gasteiger partial charge in [-0.05, 0) is 36.5 Å². The second kappa shape index (κ2) is 10.4. The van der Waals surface area contributed by atoms with Crippen molar-refractivity contribution in [3.63, 3.8) is 0 Å². The lowest BCUT2D eigenvalue weighted by Crippen LogP contribution is -2.55. The lowest BCUT2D eigenvalue weighted by molar-refractivity contribution is -0.135. The molecule has 1 unspecified atom stereocenters. The van der Waals surface area contributed by atoms with Crippen molar-refractivity contribution in [1.82, 2.24) is 15.1 Å². The summed E-state index contributed by atoms with van der Waals surface area (Å²) in [6.45, 7) is 10.1. The molecule has 160 valence electrons. The standard InChI is InChI=1S/C25H33N3O2/c1-19(2)17-23(26-24(29)22-12-8-7-9-20(22)3)25(30)28-15-13-27(14-16-28)18-21-10-5-4-6-11-21/h4-12,19,23H,13-18H2,1-3H3,(H,26,29). The van der Waals surface area contributed by atoms with Crippen LogP contribution in [0.5, 0.6) is 0 Å². The van der Waals surface area contributed by atoms with E-state index in [2.05, 4.69) is 48.3 Å². The van der Waals surface area contributed by atoms with Crippen LogP contribution in [0.4, 0.5) is 0 Å². The summed E-state index contributed by atoms with van der Waals surface area (Å²) in [5.41, 5.74) is 2.84. The predicted molar refractivity (Wildman–Crippen MR) is 120 cm³/mol. The van der Waals surface area contributed by atoms with Gasteiger partial charge in [0.2, 0.25) is 5.91 Å². The average molecular weight is 408 g/mol. The number of rotatable bonds is 7. The van der Waals surface area contributed by atoms with E-state index in [1.54, 1.807) is 0 Å². The van der Waals surface area contributed by atoms with Crippen LogP contribution in [-0.4, -0.2) is 53.8 Å². The van der Waals surface area contributed by atoms with Crippen LogP contribution in [0.1, 0.15) is 41.8 Å². The van der Waals surface area contributed by atoms with Gasteiger partial charge in [-0.3, -0.25) is 14.5 Å². The molecule has 0 spiro atoms. The predicted octanol–water partition coefficient (Wildman–Crippen LogP) is 3.48. The summed E-state index contributed by atoms with van der Waals surface area (Å²) in [7, 11) is 0. The summed E-state index contributed by atoms with van der Waals surface area (Å²) in [5.74, 6) is 0.176. The fourth-order valence-electron chi connectivity index (χ4n) is 3.94. The molecule has 3 rings (SSSR count). The van der Waals surface area contributed by atoms with Gasteiger partial charge in [-0.15, -0.1) is 0 Å². The van der Waals surface area contributed by atoms with Gasteiger partial charge in [0.05, 0.1) is 0 Å². The first kappa shape index (κ1) is 22.0. The Morgan fingerprint density at radius 3 is 2.20 bits per heavy atom. The molecule has 2 aromatic rings. The highest BCUT2D eigenvalue weighted by Gasteiger charge is 2.29. The second-order valence-electron chi connectivity index (χ2n) is 8.56. The van der Waals surface area contributed by atoms with Crippen LogP contribution < -0.4 is 5.32 Å². The minimum atomic E-state index is -0.488. The molecule has 0 bridgehead atoms. The molecular formula is C25H33N3O2. The number of piperazine rings is 1. The molecule has 1 aliphatic rings. The first-order valence-corrected chi connectivity index (χ1v) is 10.9. The van der Waals surface area contributed by atoms with Crippen molar-refractivity contribution in [3.05, 3.63) is 71.3 Å². The largest absolute Gasteiger partial charge is 0.340 e. The van der Waals surface area contributed by atoms with Gasteiger partial charge in [-0.1, -0.05) is 62.4 Å². The Morgan fingerprint density at radius 1 is 0.933 bits per heavy atom. The molecule has 0 saturated carbocycles. The van der Waals surface area contributed by atoms with Gasteiger partial charge in [0.15, 0.2) is 0 Å². The fraction of sp³-hybridized carbons (Fsp3) is 0.440. The zero-order chi connectivity index (χ0) is 21.5. The molecular weight excluding hydrogens is 374 g/mol. The van der Waals surface area contributed by atoms with E-state index in [9.17, 15) is 9.59 Å². The minimum Gasteiger partial charge on any atom is -0.340 e. The van der Waals surface area contributed by atoms with E-state index in [-0.39, 0.29) is 11.8 Å². The van der Waals surface area contributed by atoms with Gasteiger partial charge in [0, 0.05) is 38.3 Å². The number of nitrogens with zero attached hydrogens (tertiary/aromatic N) is 2. The van der Waals surface area contributed by atoms with Crippen molar-refractivity contribution in [1.29, 1.82) is 0 Å². The van der Waals surface area contributed by atoms with E-state index in [0.717, 1.165) is 25.2 Å². The Labute approximate surface area is 180 Å². The Kier molecular flexibility index (Phi) is 7.63. The first-order chi connectivity index (χ1) is 14.4. The molecule has 2 aromatic carbocycles. The number of nitrogens with one attached hydrogen (secondary N) is 1. The van der Waals surface area contributed by atoms with E-state index in [0.29, 0.717) is 31.0 Å². The molecule has 0 aliphatic carbocycles. The van der Waals surface area contributed by atoms with Crippen molar-refractivity contribution >= 4 is 11.8 Å². The van der Waals surface area contributed by atoms with Crippen molar-refractivity contribution in [2.45, 2.75) is 39.8 Å². The van der Waals surface area contributed by atoms with Crippen molar-refractivity contribution in [2.24, 2.45) is 5.92 Å². The number of amides is 2. The van der Waals surface area contributed by atoms with E-state index in [1.165, 1.54) is 5.56 Å². The number of hydrogen-bond donors (Lipinski definition) is 1. The molecule has 1 heterocycles. The molecule has 5 nitrogen and oxygen atoms in total. The zero-order valence-electron chi connectivity index (χ0n) is 18.3. The molecule has 2 amide bonds. The van der Waals surface area contributed by atoms with Gasteiger partial charge < -0.3 is 10.2 Å². The molecule has 1 atom stereocenters. The van der Waals surface area contributed by atoms with E-state index in [4.69, 9.17) is 0 Å². The quantitative estimate of drug-likeness (QED) is 0.765. The van der Waals surface area contributed by atoms with E-state index in [1.807, 2.05) is 42.2 Å². The summed E-state index contributed by atoms with van der Waals surface area (Å²) >= 11 is 0. The Balaban J connectivity index is 1.60. The number of carbonyl (C=O) groups is 2. The first-order valence-electron chi connectivity index (χ1n) is 10.9. The fourth-order valence-corrected chi connectivity index (χ4v) is 3.94. The zero-order valence-corrected chi connectivity index (χ0v) is 18.3. The number of carbonyl (C=O) groups excluding carboxylic acids is 2. The number of hydrogen-bond acceptors (Lipinski definition) is 3. The molecule has 0 aromatic heterocycles. The SMILES string of the molecule is Cc1ccccc1C(=O)NC(CC(C)C)C(=O)N1CCN(Cc2ccccc2)CC1. The number of aryl methyl sites for hydroxylation is 1. The van der Waals surface area contributed by atoms with Crippen LogP contribution in [0.3, 0.4) is 0 Å². The third-order valence-electron chi connectivity index (χ3n) is 5.63. The Bertz CT molecular complexity index is 842. The molecule has 5 heteroatoms. The van der Waals surface area contributed by atoms with Gasteiger partial charge in [0.25, 0.3) is 5.91 Å². The highest BCUT2D eigenvalue weighted by Crippen LogP contribution is 2.14.